The molecule has 3 fully saturated rings. The highest BCUT2D eigenvalue weighted by atomic mass is 16.1. The van der Waals surface area contributed by atoms with Gasteiger partial charge in [-0.3, -0.25) is 4.79 Å². The van der Waals surface area contributed by atoms with Gasteiger partial charge >= 0.3 is 0 Å². The van der Waals surface area contributed by atoms with Crippen LogP contribution in [0.4, 0.5) is 0 Å². The van der Waals surface area contributed by atoms with E-state index in [0.29, 0.717) is 11.3 Å². The van der Waals surface area contributed by atoms with Crippen LogP contribution in [0.1, 0.15) is 108 Å². The molecular formula is C29H46N2O. The number of unbranched alkanes of at least 4 members (excludes halogenated alkanes) is 2. The summed E-state index contributed by atoms with van der Waals surface area (Å²) in [6.45, 7) is 4.71. The molecule has 2 aliphatic carbocycles. The number of piperidine rings is 1. The zero-order valence-electron chi connectivity index (χ0n) is 20.3. The van der Waals surface area contributed by atoms with E-state index in [4.69, 9.17) is 0 Å². The first kappa shape index (κ1) is 23.8. The lowest BCUT2D eigenvalue weighted by atomic mass is 9.68. The minimum atomic E-state index is 0.0389. The van der Waals surface area contributed by atoms with Crippen LogP contribution in [0.5, 0.6) is 0 Å². The van der Waals surface area contributed by atoms with Gasteiger partial charge in [-0.25, -0.2) is 0 Å². The van der Waals surface area contributed by atoms with Crippen LogP contribution in [0, 0.1) is 11.3 Å². The average Bonchev–Trinajstić information content (AvgIpc) is 2.85. The van der Waals surface area contributed by atoms with Crippen LogP contribution in [-0.4, -0.2) is 37.0 Å². The van der Waals surface area contributed by atoms with E-state index in [0.717, 1.165) is 13.0 Å². The number of benzene rings is 1. The molecule has 178 valence electrons. The molecule has 1 aromatic carbocycles. The van der Waals surface area contributed by atoms with Gasteiger partial charge in [-0.2, -0.15) is 0 Å². The minimum absolute atomic E-state index is 0.0389. The van der Waals surface area contributed by atoms with Crippen molar-refractivity contribution in [3.63, 3.8) is 0 Å². The largest absolute Gasteiger partial charge is 0.356 e. The number of rotatable bonds is 9. The van der Waals surface area contributed by atoms with E-state index >= 15 is 0 Å². The molecular weight excluding hydrogens is 392 g/mol. The Labute approximate surface area is 196 Å². The first-order chi connectivity index (χ1) is 15.8. The molecule has 1 aliphatic heterocycles. The van der Waals surface area contributed by atoms with Crippen LogP contribution in [0.3, 0.4) is 0 Å². The second-order valence-corrected chi connectivity index (χ2v) is 11.0. The van der Waals surface area contributed by atoms with Gasteiger partial charge in [0.15, 0.2) is 0 Å². The molecule has 4 rings (SSSR count). The fraction of sp³-hybridized carbons (Fsp3) is 0.759. The van der Waals surface area contributed by atoms with Gasteiger partial charge in [0.1, 0.15) is 0 Å². The summed E-state index contributed by atoms with van der Waals surface area (Å²) in [6, 6.07) is 10.5. The van der Waals surface area contributed by atoms with Crippen LogP contribution < -0.4 is 5.32 Å². The third-order valence-electron chi connectivity index (χ3n) is 8.84. The smallest absolute Gasteiger partial charge is 0.227 e. The number of hydrogen-bond acceptors (Lipinski definition) is 2. The van der Waals surface area contributed by atoms with E-state index in [9.17, 15) is 4.79 Å². The highest BCUT2D eigenvalue weighted by molar-refractivity contribution is 5.84. The molecule has 1 atom stereocenters. The summed E-state index contributed by atoms with van der Waals surface area (Å²) >= 11 is 0. The Morgan fingerprint density at radius 2 is 1.56 bits per heavy atom. The fourth-order valence-corrected chi connectivity index (χ4v) is 6.78. The molecule has 0 unspecified atom stereocenters. The topological polar surface area (TPSA) is 32.3 Å². The SMILES string of the molecule is O=C(NCCCCCN1CCC2(CCCCC2)CC1)[C@H](c1ccccc1)C1CCCCC1. The number of carbonyl (C=O) groups is 1. The summed E-state index contributed by atoms with van der Waals surface area (Å²) in [6.07, 6.45) is 20.1. The van der Waals surface area contributed by atoms with Gasteiger partial charge in [-0.15, -0.1) is 0 Å². The number of hydrogen-bond donors (Lipinski definition) is 1. The van der Waals surface area contributed by atoms with Gasteiger partial charge in [0.25, 0.3) is 0 Å². The maximum absolute atomic E-state index is 13.2. The Hall–Kier alpha value is -1.35. The fourth-order valence-electron chi connectivity index (χ4n) is 6.78. The van der Waals surface area contributed by atoms with E-state index in [1.54, 1.807) is 0 Å². The first-order valence-electron chi connectivity index (χ1n) is 13.8. The summed E-state index contributed by atoms with van der Waals surface area (Å²) in [5.74, 6) is 0.812. The van der Waals surface area contributed by atoms with Crippen molar-refractivity contribution in [1.29, 1.82) is 0 Å². The average molecular weight is 439 g/mol. The highest BCUT2D eigenvalue weighted by Gasteiger charge is 2.35. The van der Waals surface area contributed by atoms with Crippen molar-refractivity contribution in [3.05, 3.63) is 35.9 Å². The van der Waals surface area contributed by atoms with Gasteiger partial charge in [-0.1, -0.05) is 75.3 Å². The molecule has 32 heavy (non-hydrogen) atoms. The minimum Gasteiger partial charge on any atom is -0.356 e. The standard InChI is InChI=1S/C29H46N2O/c32-28(27(25-13-5-1-6-14-25)26-15-7-2-8-16-26)30-21-11-4-12-22-31-23-19-29(20-24-31)17-9-3-10-18-29/h1,5-6,13-14,26-27H,2-4,7-12,15-24H2,(H,30,32)/t27-/m1/s1. The van der Waals surface area contributed by atoms with E-state index in [-0.39, 0.29) is 11.8 Å². The maximum atomic E-state index is 13.2. The molecule has 0 radical (unpaired) electrons. The van der Waals surface area contributed by atoms with Crippen molar-refractivity contribution in [3.8, 4) is 0 Å². The number of amides is 1. The Bertz CT molecular complexity index is 666. The van der Waals surface area contributed by atoms with Crippen LogP contribution in [0.2, 0.25) is 0 Å². The maximum Gasteiger partial charge on any atom is 0.227 e. The van der Waals surface area contributed by atoms with E-state index in [2.05, 4.69) is 40.5 Å². The summed E-state index contributed by atoms with van der Waals surface area (Å²) in [5.41, 5.74) is 1.92. The van der Waals surface area contributed by atoms with Crippen molar-refractivity contribution >= 4 is 5.91 Å². The molecule has 1 amide bonds. The zero-order chi connectivity index (χ0) is 22.1. The molecule has 0 bridgehead atoms. The lowest BCUT2D eigenvalue weighted by molar-refractivity contribution is -0.124. The van der Waals surface area contributed by atoms with Crippen LogP contribution in [0.15, 0.2) is 30.3 Å². The molecule has 1 heterocycles. The molecule has 0 aromatic heterocycles. The molecule has 3 nitrogen and oxygen atoms in total. The summed E-state index contributed by atoms with van der Waals surface area (Å²) in [5, 5.41) is 3.30. The second-order valence-electron chi connectivity index (χ2n) is 11.0. The molecule has 3 aliphatic rings. The predicted molar refractivity (Wildman–Crippen MR) is 134 cm³/mol. The molecule has 1 aromatic rings. The van der Waals surface area contributed by atoms with Crippen molar-refractivity contribution in [2.75, 3.05) is 26.2 Å². The molecule has 2 saturated carbocycles. The number of nitrogens with zero attached hydrogens (tertiary/aromatic N) is 1. The summed E-state index contributed by atoms with van der Waals surface area (Å²) < 4.78 is 0. The summed E-state index contributed by atoms with van der Waals surface area (Å²) in [4.78, 5) is 15.9. The predicted octanol–water partition coefficient (Wildman–Crippen LogP) is 6.68. The Morgan fingerprint density at radius 1 is 0.875 bits per heavy atom. The van der Waals surface area contributed by atoms with Gasteiger partial charge in [0.2, 0.25) is 5.91 Å². The lowest BCUT2D eigenvalue weighted by Gasteiger charge is -2.44. The van der Waals surface area contributed by atoms with Crippen molar-refractivity contribution in [1.82, 2.24) is 10.2 Å². The Kier molecular flexibility index (Phi) is 9.08. The monoisotopic (exact) mass is 438 g/mol. The Morgan fingerprint density at radius 3 is 2.28 bits per heavy atom. The second kappa shape index (κ2) is 12.2. The van der Waals surface area contributed by atoms with E-state index < -0.39 is 0 Å². The number of carbonyl (C=O) groups excluding carboxylic acids is 1. The van der Waals surface area contributed by atoms with Gasteiger partial charge in [-0.05, 0) is 87.9 Å². The van der Waals surface area contributed by atoms with Crippen LogP contribution in [-0.2, 0) is 4.79 Å². The van der Waals surface area contributed by atoms with E-state index in [1.165, 1.54) is 115 Å². The third kappa shape index (κ3) is 6.59. The molecule has 1 spiro atoms. The van der Waals surface area contributed by atoms with Crippen LogP contribution in [0.25, 0.3) is 0 Å². The van der Waals surface area contributed by atoms with Gasteiger partial charge < -0.3 is 10.2 Å². The van der Waals surface area contributed by atoms with Gasteiger partial charge in [0, 0.05) is 6.54 Å². The Balaban J connectivity index is 1.14. The van der Waals surface area contributed by atoms with Gasteiger partial charge in [0.05, 0.1) is 5.92 Å². The summed E-state index contributed by atoms with van der Waals surface area (Å²) in [7, 11) is 0. The quantitative estimate of drug-likeness (QED) is 0.436. The van der Waals surface area contributed by atoms with Crippen LogP contribution >= 0.6 is 0 Å². The lowest BCUT2D eigenvalue weighted by Crippen LogP contribution is -2.41. The zero-order valence-corrected chi connectivity index (χ0v) is 20.3. The molecule has 3 heteroatoms. The highest BCUT2D eigenvalue weighted by Crippen LogP contribution is 2.44. The number of likely N-dealkylation sites (tertiary alicyclic amines) is 1. The third-order valence-corrected chi connectivity index (χ3v) is 8.84. The number of nitrogens with one attached hydrogen (secondary N) is 1. The van der Waals surface area contributed by atoms with Crippen molar-refractivity contribution in [2.45, 2.75) is 102 Å². The molecule has 1 N–H and O–H groups in total. The van der Waals surface area contributed by atoms with E-state index in [1.807, 2.05) is 0 Å². The van der Waals surface area contributed by atoms with Crippen molar-refractivity contribution in [2.24, 2.45) is 11.3 Å². The van der Waals surface area contributed by atoms with Crippen molar-refractivity contribution < 1.29 is 4.79 Å². The normalized spacial score (nSPS) is 23.1. The molecule has 1 saturated heterocycles. The first-order valence-corrected chi connectivity index (χ1v) is 13.8.